The highest BCUT2D eigenvalue weighted by Gasteiger charge is 2.28. The fourth-order valence-electron chi connectivity index (χ4n) is 2.12. The van der Waals surface area contributed by atoms with Crippen LogP contribution in [0, 0.1) is 5.92 Å². The van der Waals surface area contributed by atoms with E-state index >= 15 is 0 Å². The van der Waals surface area contributed by atoms with Gasteiger partial charge in [-0.15, -0.1) is 6.58 Å². The number of rotatable bonds is 3. The van der Waals surface area contributed by atoms with Gasteiger partial charge in [-0.1, -0.05) is 24.6 Å². The molecule has 6 heteroatoms. The number of hydrogen-bond donors (Lipinski definition) is 1. The van der Waals surface area contributed by atoms with Gasteiger partial charge in [-0.3, -0.25) is 4.79 Å². The van der Waals surface area contributed by atoms with Gasteiger partial charge in [-0.05, 0) is 5.92 Å². The molecule has 2 heterocycles. The first kappa shape index (κ1) is 13.1. The summed E-state index contributed by atoms with van der Waals surface area (Å²) in [5.74, 6) is 0.386. The molecule has 1 aliphatic rings. The zero-order valence-corrected chi connectivity index (χ0v) is 11.1. The summed E-state index contributed by atoms with van der Waals surface area (Å²) < 4.78 is 1.29. The Morgan fingerprint density at radius 2 is 2.39 bits per heavy atom. The van der Waals surface area contributed by atoms with Gasteiger partial charge < -0.3 is 10.6 Å². The first-order valence-corrected chi connectivity index (χ1v) is 6.29. The third-order valence-electron chi connectivity index (χ3n) is 3.28. The van der Waals surface area contributed by atoms with E-state index in [1.807, 2.05) is 4.90 Å². The Morgan fingerprint density at radius 3 is 2.94 bits per heavy atom. The largest absolute Gasteiger partial charge is 0.367 e. The van der Waals surface area contributed by atoms with Crippen molar-refractivity contribution < 1.29 is 0 Å². The molecule has 2 unspecified atom stereocenters. The summed E-state index contributed by atoms with van der Waals surface area (Å²) in [4.78, 5) is 14.0. The molecule has 1 aromatic heterocycles. The summed E-state index contributed by atoms with van der Waals surface area (Å²) in [6.07, 6.45) is 3.23. The van der Waals surface area contributed by atoms with E-state index in [1.165, 1.54) is 4.68 Å². The van der Waals surface area contributed by atoms with Gasteiger partial charge in [0.05, 0.1) is 18.4 Å². The summed E-state index contributed by atoms with van der Waals surface area (Å²) in [5, 5.41) is 4.29. The van der Waals surface area contributed by atoms with Gasteiger partial charge >= 0.3 is 0 Å². The quantitative estimate of drug-likeness (QED) is 0.826. The molecule has 1 aliphatic heterocycles. The summed E-state index contributed by atoms with van der Waals surface area (Å²) in [6.45, 7) is 7.52. The Labute approximate surface area is 111 Å². The highest BCUT2D eigenvalue weighted by molar-refractivity contribution is 6.33. The standard InChI is InChI=1S/C12H17ClN4O/c1-3-4-17-12(18)11(13)10(5-15-17)16-6-8(2)9(14)7-16/h3,5,8-9H,1,4,6-7,14H2,2H3. The monoisotopic (exact) mass is 268 g/mol. The third kappa shape index (κ3) is 2.28. The maximum Gasteiger partial charge on any atom is 0.287 e. The molecule has 98 valence electrons. The van der Waals surface area contributed by atoms with Gasteiger partial charge in [-0.2, -0.15) is 5.10 Å². The van der Waals surface area contributed by atoms with Crippen molar-refractivity contribution in [2.75, 3.05) is 18.0 Å². The van der Waals surface area contributed by atoms with Crippen LogP contribution in [0.5, 0.6) is 0 Å². The summed E-state index contributed by atoms with van der Waals surface area (Å²) in [7, 11) is 0. The van der Waals surface area contributed by atoms with Crippen LogP contribution in [-0.2, 0) is 6.54 Å². The molecule has 2 atom stereocenters. The van der Waals surface area contributed by atoms with Crippen LogP contribution in [0.15, 0.2) is 23.6 Å². The lowest BCUT2D eigenvalue weighted by Gasteiger charge is -2.19. The highest BCUT2D eigenvalue weighted by Crippen LogP contribution is 2.26. The van der Waals surface area contributed by atoms with Crippen LogP contribution in [-0.4, -0.2) is 28.9 Å². The molecule has 0 aliphatic carbocycles. The molecular weight excluding hydrogens is 252 g/mol. The lowest BCUT2D eigenvalue weighted by molar-refractivity contribution is 0.566. The lowest BCUT2D eigenvalue weighted by atomic mass is 10.1. The Hall–Kier alpha value is -1.33. The second-order valence-electron chi connectivity index (χ2n) is 4.67. The van der Waals surface area contributed by atoms with E-state index in [0.29, 0.717) is 24.7 Å². The summed E-state index contributed by atoms with van der Waals surface area (Å²) >= 11 is 6.12. The Kier molecular flexibility index (Phi) is 3.73. The van der Waals surface area contributed by atoms with Crippen LogP contribution in [0.4, 0.5) is 5.69 Å². The molecule has 1 fully saturated rings. The van der Waals surface area contributed by atoms with Gasteiger partial charge in [-0.25, -0.2) is 4.68 Å². The van der Waals surface area contributed by atoms with Crippen LogP contribution in [0.2, 0.25) is 5.02 Å². The van der Waals surface area contributed by atoms with Crippen molar-refractivity contribution in [3.8, 4) is 0 Å². The molecule has 0 bridgehead atoms. The van der Waals surface area contributed by atoms with Crippen molar-refractivity contribution in [3.63, 3.8) is 0 Å². The lowest BCUT2D eigenvalue weighted by Crippen LogP contribution is -2.30. The van der Waals surface area contributed by atoms with Crippen molar-refractivity contribution in [2.24, 2.45) is 11.7 Å². The predicted molar refractivity (Wildman–Crippen MR) is 73.1 cm³/mol. The average Bonchev–Trinajstić information content (AvgIpc) is 2.66. The zero-order valence-electron chi connectivity index (χ0n) is 10.3. The van der Waals surface area contributed by atoms with Crippen molar-refractivity contribution in [2.45, 2.75) is 19.5 Å². The van der Waals surface area contributed by atoms with Gasteiger partial charge in [0, 0.05) is 19.1 Å². The van der Waals surface area contributed by atoms with Crippen molar-refractivity contribution in [3.05, 3.63) is 34.2 Å². The molecule has 0 saturated carbocycles. The molecule has 1 saturated heterocycles. The van der Waals surface area contributed by atoms with E-state index in [0.717, 1.165) is 6.54 Å². The van der Waals surface area contributed by atoms with E-state index in [1.54, 1.807) is 12.3 Å². The second kappa shape index (κ2) is 5.12. The second-order valence-corrected chi connectivity index (χ2v) is 5.04. The molecule has 0 aromatic carbocycles. The minimum Gasteiger partial charge on any atom is -0.367 e. The number of nitrogens with two attached hydrogens (primary N) is 1. The number of aromatic nitrogens is 2. The van der Waals surface area contributed by atoms with E-state index in [2.05, 4.69) is 18.6 Å². The van der Waals surface area contributed by atoms with Crippen LogP contribution < -0.4 is 16.2 Å². The molecule has 2 N–H and O–H groups in total. The van der Waals surface area contributed by atoms with E-state index < -0.39 is 0 Å². The van der Waals surface area contributed by atoms with Crippen molar-refractivity contribution in [1.82, 2.24) is 9.78 Å². The number of allylic oxidation sites excluding steroid dienone is 1. The fraction of sp³-hybridized carbons (Fsp3) is 0.500. The third-order valence-corrected chi connectivity index (χ3v) is 3.63. The zero-order chi connectivity index (χ0) is 13.3. The maximum absolute atomic E-state index is 12.0. The molecule has 2 rings (SSSR count). The van der Waals surface area contributed by atoms with E-state index in [-0.39, 0.29) is 16.6 Å². The molecule has 0 amide bonds. The van der Waals surface area contributed by atoms with Gasteiger partial charge in [0.25, 0.3) is 5.56 Å². The topological polar surface area (TPSA) is 64.2 Å². The van der Waals surface area contributed by atoms with Gasteiger partial charge in [0.2, 0.25) is 0 Å². The minimum absolute atomic E-state index is 0.108. The maximum atomic E-state index is 12.0. The number of anilines is 1. The van der Waals surface area contributed by atoms with Crippen LogP contribution in [0.25, 0.3) is 0 Å². The minimum atomic E-state index is -0.290. The van der Waals surface area contributed by atoms with Crippen LogP contribution in [0.3, 0.4) is 0 Å². The Morgan fingerprint density at radius 1 is 1.67 bits per heavy atom. The molecular formula is C12H17ClN4O. The van der Waals surface area contributed by atoms with E-state index in [9.17, 15) is 4.79 Å². The SMILES string of the molecule is C=CCn1ncc(N2CC(C)C(N)C2)c(Cl)c1=O. The molecule has 1 aromatic rings. The van der Waals surface area contributed by atoms with Crippen molar-refractivity contribution in [1.29, 1.82) is 0 Å². The highest BCUT2D eigenvalue weighted by atomic mass is 35.5. The average molecular weight is 269 g/mol. The first-order chi connectivity index (χ1) is 8.54. The van der Waals surface area contributed by atoms with E-state index in [4.69, 9.17) is 17.3 Å². The Bertz CT molecular complexity index is 503. The normalized spacial score (nSPS) is 23.4. The summed E-state index contributed by atoms with van der Waals surface area (Å²) in [6, 6.07) is 0.108. The molecule has 0 spiro atoms. The fourth-order valence-corrected chi connectivity index (χ4v) is 2.38. The Balaban J connectivity index is 2.33. The molecule has 18 heavy (non-hydrogen) atoms. The van der Waals surface area contributed by atoms with Crippen molar-refractivity contribution >= 4 is 17.3 Å². The van der Waals surface area contributed by atoms with Gasteiger partial charge in [0.15, 0.2) is 0 Å². The van der Waals surface area contributed by atoms with Gasteiger partial charge in [0.1, 0.15) is 5.02 Å². The smallest absolute Gasteiger partial charge is 0.287 e. The molecule has 5 nitrogen and oxygen atoms in total. The number of nitrogens with zero attached hydrogens (tertiary/aromatic N) is 3. The van der Waals surface area contributed by atoms with Crippen LogP contribution in [0.1, 0.15) is 6.92 Å². The summed E-state index contributed by atoms with van der Waals surface area (Å²) in [5.41, 5.74) is 6.35. The molecule has 0 radical (unpaired) electrons. The van der Waals surface area contributed by atoms with Crippen LogP contribution >= 0.6 is 11.6 Å². The number of hydrogen-bond acceptors (Lipinski definition) is 4. The number of halogens is 1. The first-order valence-electron chi connectivity index (χ1n) is 5.91. The predicted octanol–water partition coefficient (Wildman–Crippen LogP) is 0.866.